The Kier molecular flexibility index (Phi) is 2.62. The number of pyridine rings is 1. The largest absolute Gasteiger partial charge is 0.394 e. The first-order valence-electron chi connectivity index (χ1n) is 3.56. The van der Waals surface area contributed by atoms with Crippen molar-refractivity contribution in [1.82, 2.24) is 4.98 Å². The highest BCUT2D eigenvalue weighted by molar-refractivity contribution is 5.40. The molecule has 0 aliphatic rings. The Morgan fingerprint density at radius 1 is 1.54 bits per heavy atom. The molecule has 0 saturated heterocycles. The smallest absolute Gasteiger partial charge is 0.278 e. The molecule has 72 valence electrons. The van der Waals surface area contributed by atoms with Crippen LogP contribution in [0.5, 0.6) is 0 Å². The molecule has 1 heterocycles. The second kappa shape index (κ2) is 3.53. The summed E-state index contributed by atoms with van der Waals surface area (Å²) in [5.41, 5.74) is 9.30. The summed E-state index contributed by atoms with van der Waals surface area (Å²) in [7, 11) is 0. The normalized spacial score (nSPS) is 10.8. The van der Waals surface area contributed by atoms with Crippen molar-refractivity contribution in [3.8, 4) is 0 Å². The zero-order valence-corrected chi connectivity index (χ0v) is 6.68. The van der Waals surface area contributed by atoms with Gasteiger partial charge in [0.25, 0.3) is 12.0 Å². The standard InChI is InChI=1S/C7H9F2N3O/c8-6(9)5-3(2-10)1-4(11)7(13)12-5/h1,6H,2,10-11H2,(H,12,13). The number of alkyl halides is 2. The molecule has 0 bridgehead atoms. The molecule has 13 heavy (non-hydrogen) atoms. The lowest BCUT2D eigenvalue weighted by atomic mass is 10.2. The number of hydrogen-bond donors (Lipinski definition) is 3. The topological polar surface area (TPSA) is 84.9 Å². The van der Waals surface area contributed by atoms with Gasteiger partial charge in [0, 0.05) is 6.54 Å². The molecule has 1 rings (SSSR count). The van der Waals surface area contributed by atoms with Crippen LogP contribution in [-0.2, 0) is 6.54 Å². The summed E-state index contributed by atoms with van der Waals surface area (Å²) in [5.74, 6) is 0. The van der Waals surface area contributed by atoms with Crippen LogP contribution in [0.15, 0.2) is 10.9 Å². The van der Waals surface area contributed by atoms with E-state index in [2.05, 4.69) is 0 Å². The minimum Gasteiger partial charge on any atom is -0.394 e. The van der Waals surface area contributed by atoms with Crippen LogP contribution in [0.4, 0.5) is 14.5 Å². The van der Waals surface area contributed by atoms with Crippen LogP contribution in [0, 0.1) is 0 Å². The van der Waals surface area contributed by atoms with E-state index >= 15 is 0 Å². The maximum Gasteiger partial charge on any atom is 0.278 e. The van der Waals surface area contributed by atoms with Crippen LogP contribution >= 0.6 is 0 Å². The molecule has 1 aromatic heterocycles. The van der Waals surface area contributed by atoms with E-state index in [0.717, 1.165) is 0 Å². The molecule has 1 aromatic rings. The SMILES string of the molecule is NCc1cc(N)c(=O)[nH]c1C(F)F. The monoisotopic (exact) mass is 189 g/mol. The Labute approximate surface area is 72.6 Å². The van der Waals surface area contributed by atoms with E-state index in [1.807, 2.05) is 4.98 Å². The molecule has 0 unspecified atom stereocenters. The molecule has 0 fully saturated rings. The van der Waals surface area contributed by atoms with Gasteiger partial charge in [-0.3, -0.25) is 4.79 Å². The fraction of sp³-hybridized carbons (Fsp3) is 0.286. The van der Waals surface area contributed by atoms with Gasteiger partial charge in [-0.1, -0.05) is 0 Å². The quantitative estimate of drug-likeness (QED) is 0.627. The molecule has 0 atom stereocenters. The summed E-state index contributed by atoms with van der Waals surface area (Å²) >= 11 is 0. The van der Waals surface area contributed by atoms with Crippen molar-refractivity contribution in [2.75, 3.05) is 5.73 Å². The van der Waals surface area contributed by atoms with E-state index in [-0.39, 0.29) is 17.8 Å². The first-order valence-corrected chi connectivity index (χ1v) is 3.56. The molecule has 0 spiro atoms. The van der Waals surface area contributed by atoms with Gasteiger partial charge in [0.15, 0.2) is 0 Å². The van der Waals surface area contributed by atoms with Crippen LogP contribution in [0.2, 0.25) is 0 Å². The van der Waals surface area contributed by atoms with Gasteiger partial charge in [-0.25, -0.2) is 8.78 Å². The summed E-state index contributed by atoms with van der Waals surface area (Å²) in [5, 5.41) is 0. The van der Waals surface area contributed by atoms with E-state index in [9.17, 15) is 13.6 Å². The van der Waals surface area contributed by atoms with Crippen molar-refractivity contribution in [2.24, 2.45) is 5.73 Å². The highest BCUT2D eigenvalue weighted by Gasteiger charge is 2.14. The van der Waals surface area contributed by atoms with E-state index < -0.39 is 17.7 Å². The number of aromatic amines is 1. The van der Waals surface area contributed by atoms with Crippen molar-refractivity contribution in [3.05, 3.63) is 27.7 Å². The fourth-order valence-electron chi connectivity index (χ4n) is 0.969. The molecule has 0 amide bonds. The predicted molar refractivity (Wildman–Crippen MR) is 44.3 cm³/mol. The molecule has 5 N–H and O–H groups in total. The molecular weight excluding hydrogens is 180 g/mol. The molecule has 0 aliphatic heterocycles. The number of nitrogens with two attached hydrogens (primary N) is 2. The maximum atomic E-state index is 12.3. The van der Waals surface area contributed by atoms with Gasteiger partial charge < -0.3 is 16.5 Å². The van der Waals surface area contributed by atoms with Crippen LogP contribution in [0.3, 0.4) is 0 Å². The van der Waals surface area contributed by atoms with Crippen molar-refractivity contribution in [3.63, 3.8) is 0 Å². The summed E-state index contributed by atoms with van der Waals surface area (Å²) < 4.78 is 24.5. The number of nitrogens with one attached hydrogen (secondary N) is 1. The molecule has 0 saturated carbocycles. The highest BCUT2D eigenvalue weighted by Crippen LogP contribution is 2.19. The Bertz CT molecular complexity index is 361. The summed E-state index contributed by atoms with van der Waals surface area (Å²) in [6.45, 7) is -0.0827. The first-order chi connectivity index (χ1) is 6.06. The number of H-pyrrole nitrogens is 1. The van der Waals surface area contributed by atoms with Crippen LogP contribution in [0.1, 0.15) is 17.7 Å². The van der Waals surface area contributed by atoms with Gasteiger partial charge in [0.05, 0.1) is 11.4 Å². The summed E-state index contributed by atoms with van der Waals surface area (Å²) in [6.07, 6.45) is -2.74. The summed E-state index contributed by atoms with van der Waals surface area (Å²) in [4.78, 5) is 12.8. The minimum atomic E-state index is -2.74. The van der Waals surface area contributed by atoms with Crippen molar-refractivity contribution in [1.29, 1.82) is 0 Å². The summed E-state index contributed by atoms with van der Waals surface area (Å²) in [6, 6.07) is 1.17. The lowest BCUT2D eigenvalue weighted by molar-refractivity contribution is 0.144. The lowest BCUT2D eigenvalue weighted by Gasteiger charge is -2.06. The average molecular weight is 189 g/mol. The Morgan fingerprint density at radius 2 is 2.15 bits per heavy atom. The highest BCUT2D eigenvalue weighted by atomic mass is 19.3. The molecule has 6 heteroatoms. The third kappa shape index (κ3) is 1.83. The van der Waals surface area contributed by atoms with Gasteiger partial charge in [-0.05, 0) is 11.6 Å². The fourth-order valence-corrected chi connectivity index (χ4v) is 0.969. The first kappa shape index (κ1) is 9.66. The lowest BCUT2D eigenvalue weighted by Crippen LogP contribution is -2.17. The predicted octanol–water partition coefficient (Wildman–Crippen LogP) is 0.353. The zero-order valence-electron chi connectivity index (χ0n) is 6.68. The third-order valence-corrected chi connectivity index (χ3v) is 1.62. The van der Waals surface area contributed by atoms with Crippen molar-refractivity contribution in [2.45, 2.75) is 13.0 Å². The van der Waals surface area contributed by atoms with Crippen LogP contribution < -0.4 is 17.0 Å². The number of nitrogen functional groups attached to an aromatic ring is 1. The van der Waals surface area contributed by atoms with Crippen molar-refractivity contribution < 1.29 is 8.78 Å². The van der Waals surface area contributed by atoms with Gasteiger partial charge in [-0.2, -0.15) is 0 Å². The molecule has 0 aromatic carbocycles. The Balaban J connectivity index is 3.33. The van der Waals surface area contributed by atoms with E-state index in [0.29, 0.717) is 0 Å². The Hall–Kier alpha value is -1.43. The Morgan fingerprint density at radius 3 is 2.62 bits per heavy atom. The van der Waals surface area contributed by atoms with Crippen LogP contribution in [0.25, 0.3) is 0 Å². The maximum absolute atomic E-state index is 12.3. The molecule has 0 radical (unpaired) electrons. The number of hydrogen-bond acceptors (Lipinski definition) is 3. The number of aromatic nitrogens is 1. The minimum absolute atomic E-state index is 0.0827. The molecule has 0 aliphatic carbocycles. The van der Waals surface area contributed by atoms with E-state index in [1.54, 1.807) is 0 Å². The zero-order chi connectivity index (χ0) is 10.0. The van der Waals surface area contributed by atoms with Gasteiger partial charge in [-0.15, -0.1) is 0 Å². The van der Waals surface area contributed by atoms with Gasteiger partial charge in [0.1, 0.15) is 0 Å². The van der Waals surface area contributed by atoms with Crippen molar-refractivity contribution >= 4 is 5.69 Å². The van der Waals surface area contributed by atoms with Gasteiger partial charge in [0.2, 0.25) is 0 Å². The number of halogens is 2. The molecular formula is C7H9F2N3O. The van der Waals surface area contributed by atoms with Gasteiger partial charge >= 0.3 is 0 Å². The number of anilines is 1. The molecule has 4 nitrogen and oxygen atoms in total. The number of rotatable bonds is 2. The second-order valence-electron chi connectivity index (χ2n) is 2.50. The van der Waals surface area contributed by atoms with E-state index in [1.165, 1.54) is 6.07 Å². The second-order valence-corrected chi connectivity index (χ2v) is 2.50. The van der Waals surface area contributed by atoms with E-state index in [4.69, 9.17) is 11.5 Å². The average Bonchev–Trinajstić information content (AvgIpc) is 2.08. The van der Waals surface area contributed by atoms with Crippen LogP contribution in [-0.4, -0.2) is 4.98 Å². The third-order valence-electron chi connectivity index (χ3n) is 1.62.